The minimum Gasteiger partial charge on any atom is -0.442 e. The predicted octanol–water partition coefficient (Wildman–Crippen LogP) is 3.01. The molecule has 1 aromatic rings. The van der Waals surface area contributed by atoms with Crippen LogP contribution in [0.25, 0.3) is 0 Å². The Hall–Kier alpha value is -2.09. The molecular formula is C13H17ClN4O4. The van der Waals surface area contributed by atoms with Crippen LogP contribution in [0.3, 0.4) is 0 Å². The number of halogens is 1. The van der Waals surface area contributed by atoms with Crippen molar-refractivity contribution in [3.05, 3.63) is 27.4 Å². The van der Waals surface area contributed by atoms with E-state index in [-0.39, 0.29) is 16.5 Å². The average Bonchev–Trinajstić information content (AvgIpc) is 2.85. The van der Waals surface area contributed by atoms with Crippen LogP contribution in [-0.4, -0.2) is 39.7 Å². The van der Waals surface area contributed by atoms with Gasteiger partial charge in [-0.1, -0.05) is 11.6 Å². The number of anilines is 1. The van der Waals surface area contributed by atoms with Crippen molar-refractivity contribution in [3.8, 4) is 0 Å². The van der Waals surface area contributed by atoms with Gasteiger partial charge in [-0.2, -0.15) is 0 Å². The van der Waals surface area contributed by atoms with Gasteiger partial charge in [-0.25, -0.2) is 14.8 Å². The van der Waals surface area contributed by atoms with Crippen LogP contribution < -0.4 is 5.01 Å². The highest BCUT2D eigenvalue weighted by Crippen LogP contribution is 2.32. The Labute approximate surface area is 132 Å². The molecule has 2 rings (SSSR count). The zero-order valence-electron chi connectivity index (χ0n) is 12.6. The van der Waals surface area contributed by atoms with Gasteiger partial charge in [0.25, 0.3) is 0 Å². The fourth-order valence-electron chi connectivity index (χ4n) is 2.09. The molecule has 0 saturated carbocycles. The van der Waals surface area contributed by atoms with Crippen molar-refractivity contribution in [2.45, 2.75) is 32.8 Å². The molecular weight excluding hydrogens is 312 g/mol. The Morgan fingerprint density at radius 1 is 1.45 bits per heavy atom. The van der Waals surface area contributed by atoms with Crippen molar-refractivity contribution >= 4 is 29.2 Å². The Balaban J connectivity index is 2.32. The Morgan fingerprint density at radius 2 is 2.14 bits per heavy atom. The average molecular weight is 329 g/mol. The van der Waals surface area contributed by atoms with Crippen molar-refractivity contribution in [1.29, 1.82) is 0 Å². The van der Waals surface area contributed by atoms with E-state index in [1.807, 2.05) is 0 Å². The molecule has 1 aliphatic heterocycles. The maximum Gasteiger partial charge on any atom is 0.429 e. The van der Waals surface area contributed by atoms with E-state index in [1.165, 1.54) is 22.3 Å². The van der Waals surface area contributed by atoms with E-state index in [4.69, 9.17) is 16.3 Å². The highest BCUT2D eigenvalue weighted by Gasteiger charge is 2.35. The summed E-state index contributed by atoms with van der Waals surface area (Å²) in [6, 6.07) is 1.22. The van der Waals surface area contributed by atoms with Gasteiger partial charge in [0.05, 0.1) is 9.95 Å². The van der Waals surface area contributed by atoms with E-state index >= 15 is 0 Å². The number of nitro groups is 1. The Bertz CT molecular complexity index is 602. The van der Waals surface area contributed by atoms with Gasteiger partial charge in [0.15, 0.2) is 0 Å². The number of aromatic nitrogens is 1. The number of nitrogens with zero attached hydrogens (tertiary/aromatic N) is 4. The largest absolute Gasteiger partial charge is 0.442 e. The molecule has 22 heavy (non-hydrogen) atoms. The van der Waals surface area contributed by atoms with Gasteiger partial charge in [0, 0.05) is 25.4 Å². The van der Waals surface area contributed by atoms with E-state index in [2.05, 4.69) is 4.98 Å². The van der Waals surface area contributed by atoms with Gasteiger partial charge in [-0.05, 0) is 27.2 Å². The maximum atomic E-state index is 12.2. The van der Waals surface area contributed by atoms with E-state index in [9.17, 15) is 14.9 Å². The summed E-state index contributed by atoms with van der Waals surface area (Å²) in [4.78, 5) is 26.9. The highest BCUT2D eigenvalue weighted by molar-refractivity contribution is 6.30. The minimum absolute atomic E-state index is 0.0813. The van der Waals surface area contributed by atoms with Crippen molar-refractivity contribution in [2.24, 2.45) is 0 Å². The minimum atomic E-state index is -0.648. The normalized spacial score (nSPS) is 15.1. The van der Waals surface area contributed by atoms with E-state index in [0.29, 0.717) is 19.5 Å². The molecule has 0 atom stereocenters. The fraction of sp³-hybridized carbons (Fsp3) is 0.538. The number of hydrogen-bond acceptors (Lipinski definition) is 6. The Kier molecular flexibility index (Phi) is 4.41. The van der Waals surface area contributed by atoms with Crippen molar-refractivity contribution in [2.75, 3.05) is 18.1 Å². The summed E-state index contributed by atoms with van der Waals surface area (Å²) < 4.78 is 5.32. The van der Waals surface area contributed by atoms with Gasteiger partial charge in [0.1, 0.15) is 5.60 Å². The van der Waals surface area contributed by atoms with Crippen LogP contribution in [0.2, 0.25) is 5.02 Å². The molecule has 0 radical (unpaired) electrons. The predicted molar refractivity (Wildman–Crippen MR) is 80.8 cm³/mol. The number of ether oxygens (including phenoxy) is 1. The summed E-state index contributed by atoms with van der Waals surface area (Å²) in [6.45, 7) is 6.13. The van der Waals surface area contributed by atoms with Crippen molar-refractivity contribution in [1.82, 2.24) is 9.99 Å². The molecule has 120 valence electrons. The molecule has 1 saturated heterocycles. The summed E-state index contributed by atoms with van der Waals surface area (Å²) in [6.07, 6.45) is 1.42. The SMILES string of the molecule is CC(C)(C)OC(=O)N1CCCN1c1ncc(Cl)cc1[N+](=O)[O-]. The van der Waals surface area contributed by atoms with Crippen LogP contribution >= 0.6 is 11.6 Å². The Morgan fingerprint density at radius 3 is 2.73 bits per heavy atom. The number of hydrazine groups is 1. The summed E-state index contributed by atoms with van der Waals surface area (Å²) in [5, 5.41) is 14.1. The molecule has 0 aromatic carbocycles. The van der Waals surface area contributed by atoms with Crippen molar-refractivity contribution in [3.63, 3.8) is 0 Å². The zero-order chi connectivity index (χ0) is 16.5. The van der Waals surface area contributed by atoms with E-state index in [1.54, 1.807) is 20.8 Å². The van der Waals surface area contributed by atoms with Crippen LogP contribution in [0.4, 0.5) is 16.3 Å². The molecule has 0 unspecified atom stereocenters. The summed E-state index contributed by atoms with van der Waals surface area (Å²) in [5.74, 6) is 0.0813. The number of carbonyl (C=O) groups excluding carboxylic acids is 1. The lowest BCUT2D eigenvalue weighted by molar-refractivity contribution is -0.384. The molecule has 2 heterocycles. The van der Waals surface area contributed by atoms with Gasteiger partial charge in [-0.3, -0.25) is 15.1 Å². The number of amides is 1. The number of carbonyl (C=O) groups is 1. The van der Waals surface area contributed by atoms with E-state index in [0.717, 1.165) is 0 Å². The third-order valence-corrected chi connectivity index (χ3v) is 3.10. The van der Waals surface area contributed by atoms with Crippen LogP contribution in [0.5, 0.6) is 0 Å². The lowest BCUT2D eigenvalue weighted by Crippen LogP contribution is -2.44. The first-order valence-corrected chi connectivity index (χ1v) is 7.15. The third kappa shape index (κ3) is 3.56. The second-order valence-corrected chi connectivity index (χ2v) is 6.27. The number of rotatable bonds is 2. The molecule has 9 heteroatoms. The molecule has 0 aliphatic carbocycles. The summed E-state index contributed by atoms with van der Waals surface area (Å²) >= 11 is 5.76. The monoisotopic (exact) mass is 328 g/mol. The summed E-state index contributed by atoms with van der Waals surface area (Å²) in [5.41, 5.74) is -0.895. The third-order valence-electron chi connectivity index (χ3n) is 2.89. The number of pyridine rings is 1. The second kappa shape index (κ2) is 5.96. The molecule has 1 aliphatic rings. The van der Waals surface area contributed by atoms with Crippen LogP contribution in [0.1, 0.15) is 27.2 Å². The van der Waals surface area contributed by atoms with Crippen LogP contribution in [-0.2, 0) is 4.74 Å². The van der Waals surface area contributed by atoms with Gasteiger partial charge >= 0.3 is 11.8 Å². The van der Waals surface area contributed by atoms with Crippen molar-refractivity contribution < 1.29 is 14.5 Å². The quantitative estimate of drug-likeness (QED) is 0.612. The molecule has 8 nitrogen and oxygen atoms in total. The first kappa shape index (κ1) is 16.3. The van der Waals surface area contributed by atoms with E-state index < -0.39 is 16.6 Å². The zero-order valence-corrected chi connectivity index (χ0v) is 13.3. The molecule has 1 fully saturated rings. The first-order valence-electron chi connectivity index (χ1n) is 6.77. The van der Waals surface area contributed by atoms with Crippen LogP contribution in [0, 0.1) is 10.1 Å². The highest BCUT2D eigenvalue weighted by atomic mass is 35.5. The molecule has 1 aromatic heterocycles. The van der Waals surface area contributed by atoms with Gasteiger partial charge in [-0.15, -0.1) is 0 Å². The lowest BCUT2D eigenvalue weighted by Gasteiger charge is -2.30. The lowest BCUT2D eigenvalue weighted by atomic mass is 10.2. The topological polar surface area (TPSA) is 88.8 Å². The number of hydrogen-bond donors (Lipinski definition) is 0. The van der Waals surface area contributed by atoms with Gasteiger partial charge < -0.3 is 4.74 Å². The molecule has 0 spiro atoms. The van der Waals surface area contributed by atoms with Gasteiger partial charge in [0.2, 0.25) is 5.82 Å². The molecule has 0 bridgehead atoms. The molecule has 1 amide bonds. The maximum absolute atomic E-state index is 12.2. The molecule has 0 N–H and O–H groups in total. The smallest absolute Gasteiger partial charge is 0.429 e. The summed E-state index contributed by atoms with van der Waals surface area (Å²) in [7, 11) is 0. The first-order chi connectivity index (χ1) is 10.2. The second-order valence-electron chi connectivity index (χ2n) is 5.83. The van der Waals surface area contributed by atoms with Crippen LogP contribution in [0.15, 0.2) is 12.3 Å². The fourth-order valence-corrected chi connectivity index (χ4v) is 2.24. The standard InChI is InChI=1S/C13H17ClN4O4/c1-13(2,3)22-12(19)17-6-4-5-16(17)11-10(18(20)21)7-9(14)8-15-11/h7-8H,4-6H2,1-3H3.